The quantitative estimate of drug-likeness (QED) is 0.158. The fraction of sp³-hybridized carbons (Fsp3) is 1.00. The molecule has 172 valence electrons. The van der Waals surface area contributed by atoms with Gasteiger partial charge in [-0.1, -0.05) is 90.4 Å². The molecular formula is C21H49NO5P+. The van der Waals surface area contributed by atoms with Crippen molar-refractivity contribution in [3.63, 3.8) is 0 Å². The normalized spacial score (nSPS) is 12.0. The van der Waals surface area contributed by atoms with E-state index in [0.29, 0.717) is 0 Å². The average Bonchev–Trinajstić information content (AvgIpc) is 2.57. The van der Waals surface area contributed by atoms with Crippen molar-refractivity contribution in [3.8, 4) is 0 Å². The van der Waals surface area contributed by atoms with Crippen molar-refractivity contribution >= 4 is 7.82 Å². The minimum atomic E-state index is -4.25. The van der Waals surface area contributed by atoms with Crippen LogP contribution in [0.3, 0.4) is 0 Å². The summed E-state index contributed by atoms with van der Waals surface area (Å²) in [5, 5.41) is 8.39. The van der Waals surface area contributed by atoms with E-state index in [2.05, 4.69) is 32.6 Å². The van der Waals surface area contributed by atoms with Gasteiger partial charge < -0.3 is 19.4 Å². The molecule has 7 heteroatoms. The smallest absolute Gasteiger partial charge is 0.391 e. The van der Waals surface area contributed by atoms with E-state index in [1.165, 1.54) is 70.6 Å². The Morgan fingerprint density at radius 2 is 1.07 bits per heavy atom. The van der Waals surface area contributed by atoms with Crippen molar-refractivity contribution in [3.05, 3.63) is 0 Å². The minimum Gasteiger partial charge on any atom is -0.391 e. The number of aliphatic hydroxyl groups excluding tert-OH is 1. The summed E-state index contributed by atoms with van der Waals surface area (Å²) < 4.78 is 15.7. The molecule has 0 aromatic carbocycles. The Bertz CT molecular complexity index is 355. The Morgan fingerprint density at radius 1 is 0.714 bits per heavy atom. The number of aliphatic hydroxyl groups is 1. The Labute approximate surface area is 174 Å². The van der Waals surface area contributed by atoms with Crippen LogP contribution in [0.2, 0.25) is 0 Å². The van der Waals surface area contributed by atoms with E-state index in [1.54, 1.807) is 0 Å². The number of hydrogen-bond acceptors (Lipinski definition) is 3. The lowest BCUT2D eigenvalue weighted by molar-refractivity contribution is -0.870. The lowest BCUT2D eigenvalue weighted by atomic mass is 10.0. The van der Waals surface area contributed by atoms with Gasteiger partial charge in [-0.3, -0.25) is 4.52 Å². The summed E-state index contributed by atoms with van der Waals surface area (Å²) in [4.78, 5) is 17.0. The number of nitrogens with zero attached hydrogens (tertiary/aromatic N) is 1. The molecule has 0 bridgehead atoms. The Hall–Kier alpha value is 0.0300. The molecule has 0 aliphatic carbocycles. The van der Waals surface area contributed by atoms with Crippen LogP contribution in [-0.2, 0) is 9.09 Å². The van der Waals surface area contributed by atoms with Gasteiger partial charge in [0.15, 0.2) is 0 Å². The standard InChI is InChI=1S/C16H35O4P.C5H14NO/c1-2-3-4-5-6-7-8-9-10-11-12-13-14-15-16-20-21(17,18)19;1-6(2,3)4-5-7/h2-16H2,1H3,(H2,17,18,19);7H,4-5H2,1-3H3/q;+1. The molecule has 0 amide bonds. The molecule has 0 saturated heterocycles. The first-order valence-corrected chi connectivity index (χ1v) is 12.8. The van der Waals surface area contributed by atoms with E-state index >= 15 is 0 Å². The van der Waals surface area contributed by atoms with Crippen molar-refractivity contribution in [1.29, 1.82) is 0 Å². The van der Waals surface area contributed by atoms with Gasteiger partial charge in [-0.2, -0.15) is 0 Å². The summed E-state index contributed by atoms with van der Waals surface area (Å²) in [5.74, 6) is 0. The third-order valence-electron chi connectivity index (χ3n) is 4.53. The van der Waals surface area contributed by atoms with Gasteiger partial charge in [0.2, 0.25) is 0 Å². The van der Waals surface area contributed by atoms with Gasteiger partial charge in [0, 0.05) is 0 Å². The lowest BCUT2D eigenvalue weighted by Gasteiger charge is -2.21. The summed E-state index contributed by atoms with van der Waals surface area (Å²) in [6.07, 6.45) is 17.8. The highest BCUT2D eigenvalue weighted by molar-refractivity contribution is 7.46. The van der Waals surface area contributed by atoms with Crippen LogP contribution in [0.15, 0.2) is 0 Å². The highest BCUT2D eigenvalue weighted by Gasteiger charge is 2.12. The molecule has 6 nitrogen and oxygen atoms in total. The van der Waals surface area contributed by atoms with Gasteiger partial charge in [0.1, 0.15) is 6.54 Å². The van der Waals surface area contributed by atoms with Gasteiger partial charge in [-0.25, -0.2) is 4.57 Å². The zero-order chi connectivity index (χ0) is 21.7. The van der Waals surface area contributed by atoms with Crippen LogP contribution in [0.1, 0.15) is 96.8 Å². The number of phosphoric ester groups is 1. The van der Waals surface area contributed by atoms with Crippen molar-refractivity contribution in [2.75, 3.05) is 40.9 Å². The maximum Gasteiger partial charge on any atom is 0.469 e. The fourth-order valence-corrected chi connectivity index (χ4v) is 3.15. The first-order valence-electron chi connectivity index (χ1n) is 11.2. The van der Waals surface area contributed by atoms with E-state index in [1.807, 2.05) is 0 Å². The highest BCUT2D eigenvalue weighted by atomic mass is 31.2. The second-order valence-electron chi connectivity index (χ2n) is 8.66. The Balaban J connectivity index is 0. The molecule has 0 heterocycles. The number of hydrogen-bond donors (Lipinski definition) is 3. The Kier molecular flexibility index (Phi) is 21.9. The maximum absolute atomic E-state index is 10.4. The van der Waals surface area contributed by atoms with Crippen LogP contribution in [0.25, 0.3) is 0 Å². The molecule has 0 saturated carbocycles. The average molecular weight is 427 g/mol. The molecule has 3 N–H and O–H groups in total. The number of phosphoric acid groups is 1. The van der Waals surface area contributed by atoms with Gasteiger partial charge >= 0.3 is 7.82 Å². The molecule has 0 radical (unpaired) electrons. The zero-order valence-electron chi connectivity index (χ0n) is 19.1. The van der Waals surface area contributed by atoms with Crippen molar-refractivity contribution < 1.29 is 28.5 Å². The van der Waals surface area contributed by atoms with Crippen LogP contribution >= 0.6 is 7.82 Å². The monoisotopic (exact) mass is 426 g/mol. The number of rotatable bonds is 18. The number of quaternary nitrogens is 1. The second kappa shape index (κ2) is 20.3. The van der Waals surface area contributed by atoms with E-state index in [9.17, 15) is 4.57 Å². The largest absolute Gasteiger partial charge is 0.469 e. The predicted octanol–water partition coefficient (Wildman–Crippen LogP) is 5.26. The zero-order valence-corrected chi connectivity index (χ0v) is 20.0. The van der Waals surface area contributed by atoms with E-state index in [4.69, 9.17) is 14.9 Å². The lowest BCUT2D eigenvalue weighted by Crippen LogP contribution is -2.36. The molecule has 0 aromatic rings. The summed E-state index contributed by atoms with van der Waals surface area (Å²) in [7, 11) is 1.90. The van der Waals surface area contributed by atoms with Gasteiger partial charge in [-0.15, -0.1) is 0 Å². The van der Waals surface area contributed by atoms with Gasteiger partial charge in [-0.05, 0) is 6.42 Å². The first-order chi connectivity index (χ1) is 13.1. The third-order valence-corrected chi connectivity index (χ3v) is 5.05. The number of likely N-dealkylation sites (N-methyl/N-ethyl adjacent to an activating group) is 1. The molecule has 28 heavy (non-hydrogen) atoms. The first kappa shape index (κ1) is 30.2. The molecule has 0 fully saturated rings. The summed E-state index contributed by atoms with van der Waals surface area (Å²) in [5.41, 5.74) is 0. The van der Waals surface area contributed by atoms with Crippen LogP contribution < -0.4 is 0 Å². The Morgan fingerprint density at radius 3 is 1.32 bits per heavy atom. The molecule has 0 rings (SSSR count). The van der Waals surface area contributed by atoms with Crippen molar-refractivity contribution in [2.45, 2.75) is 96.8 Å². The molecule has 0 aliphatic rings. The number of unbranched alkanes of at least 4 members (excludes halogenated alkanes) is 13. The van der Waals surface area contributed by atoms with Crippen molar-refractivity contribution in [1.82, 2.24) is 0 Å². The van der Waals surface area contributed by atoms with Crippen LogP contribution in [0.4, 0.5) is 0 Å². The summed E-state index contributed by atoms with van der Waals surface area (Å²) in [6, 6.07) is 0. The highest BCUT2D eigenvalue weighted by Crippen LogP contribution is 2.35. The van der Waals surface area contributed by atoms with Crippen LogP contribution in [-0.4, -0.2) is 60.3 Å². The van der Waals surface area contributed by atoms with Crippen LogP contribution in [0.5, 0.6) is 0 Å². The van der Waals surface area contributed by atoms with Crippen LogP contribution in [0, 0.1) is 0 Å². The predicted molar refractivity (Wildman–Crippen MR) is 118 cm³/mol. The van der Waals surface area contributed by atoms with E-state index < -0.39 is 7.82 Å². The minimum absolute atomic E-state index is 0.169. The molecule has 0 unspecified atom stereocenters. The molecule has 0 aliphatic heterocycles. The van der Waals surface area contributed by atoms with E-state index in [-0.39, 0.29) is 13.2 Å². The van der Waals surface area contributed by atoms with Gasteiger partial charge in [0.05, 0.1) is 34.4 Å². The summed E-state index contributed by atoms with van der Waals surface area (Å²) >= 11 is 0. The summed E-state index contributed by atoms with van der Waals surface area (Å²) in [6.45, 7) is 3.54. The molecule has 0 spiro atoms. The van der Waals surface area contributed by atoms with E-state index in [0.717, 1.165) is 30.3 Å². The molecular weight excluding hydrogens is 377 g/mol. The SMILES string of the molecule is CCCCCCCCCCCCCCCCOP(=O)(O)O.C[N+](C)(C)CCO. The topological polar surface area (TPSA) is 87.0 Å². The third kappa shape index (κ3) is 33.6. The fourth-order valence-electron chi connectivity index (χ4n) is 2.78. The molecule has 0 atom stereocenters. The molecule has 0 aromatic heterocycles. The van der Waals surface area contributed by atoms with Gasteiger partial charge in [0.25, 0.3) is 0 Å². The van der Waals surface area contributed by atoms with Crippen molar-refractivity contribution in [2.24, 2.45) is 0 Å². The maximum atomic E-state index is 10.4. The second-order valence-corrected chi connectivity index (χ2v) is 9.90.